The lowest BCUT2D eigenvalue weighted by Crippen LogP contribution is -2.44. The monoisotopic (exact) mass is 253 g/mol. The van der Waals surface area contributed by atoms with Crippen molar-refractivity contribution in [2.75, 3.05) is 38.1 Å². The Morgan fingerprint density at radius 1 is 1.47 bits per heavy atom. The average Bonchev–Trinajstić information content (AvgIpc) is 2.76. The highest BCUT2D eigenvalue weighted by molar-refractivity contribution is 7.14. The summed E-state index contributed by atoms with van der Waals surface area (Å²) in [4.78, 5) is 4.95. The lowest BCUT2D eigenvalue weighted by atomic mass is 10.0. The molecule has 1 fully saturated rings. The van der Waals surface area contributed by atoms with Gasteiger partial charge in [-0.15, -0.1) is 11.3 Å². The molecule has 0 atom stereocenters. The van der Waals surface area contributed by atoms with Crippen LogP contribution in [0.4, 0.5) is 5.00 Å². The number of aryl methyl sites for hydroxylation is 1. The van der Waals surface area contributed by atoms with Crippen molar-refractivity contribution in [2.24, 2.45) is 5.73 Å². The normalized spacial score (nSPS) is 18.5. The van der Waals surface area contributed by atoms with Gasteiger partial charge in [-0.25, -0.2) is 0 Å². The molecular formula is C13H23N3S. The van der Waals surface area contributed by atoms with Gasteiger partial charge >= 0.3 is 0 Å². The second-order valence-corrected chi connectivity index (χ2v) is 5.78. The third-order valence-electron chi connectivity index (χ3n) is 3.71. The second kappa shape index (κ2) is 5.85. The highest BCUT2D eigenvalue weighted by Crippen LogP contribution is 2.29. The summed E-state index contributed by atoms with van der Waals surface area (Å²) in [6.07, 6.45) is 2.52. The molecule has 96 valence electrons. The van der Waals surface area contributed by atoms with Crippen molar-refractivity contribution in [3.63, 3.8) is 0 Å². The largest absolute Gasteiger partial charge is 0.363 e. The average molecular weight is 253 g/mol. The molecule has 0 bridgehead atoms. The van der Waals surface area contributed by atoms with Gasteiger partial charge in [0.1, 0.15) is 0 Å². The van der Waals surface area contributed by atoms with Gasteiger partial charge in [-0.2, -0.15) is 0 Å². The van der Waals surface area contributed by atoms with Crippen molar-refractivity contribution in [2.45, 2.75) is 25.8 Å². The molecule has 0 aliphatic carbocycles. The fourth-order valence-corrected chi connectivity index (χ4v) is 3.58. The molecule has 0 aromatic carbocycles. The molecule has 0 radical (unpaired) electrons. The van der Waals surface area contributed by atoms with E-state index in [-0.39, 0.29) is 0 Å². The van der Waals surface area contributed by atoms with Crippen LogP contribution in [-0.2, 0) is 0 Å². The van der Waals surface area contributed by atoms with Crippen molar-refractivity contribution in [1.82, 2.24) is 4.90 Å². The maximum Gasteiger partial charge on any atom is 0.0938 e. The third-order valence-corrected chi connectivity index (χ3v) is 4.81. The van der Waals surface area contributed by atoms with E-state index in [1.54, 1.807) is 0 Å². The van der Waals surface area contributed by atoms with Gasteiger partial charge in [0.25, 0.3) is 0 Å². The van der Waals surface area contributed by atoms with Gasteiger partial charge in [-0.05, 0) is 36.8 Å². The predicted molar refractivity (Wildman–Crippen MR) is 76.0 cm³/mol. The van der Waals surface area contributed by atoms with Crippen molar-refractivity contribution >= 4 is 16.3 Å². The number of hydrogen-bond acceptors (Lipinski definition) is 4. The van der Waals surface area contributed by atoms with Crippen LogP contribution < -0.4 is 10.6 Å². The van der Waals surface area contributed by atoms with E-state index in [1.807, 2.05) is 11.3 Å². The SMILES string of the molecule is Cc1ccsc1N(C)C1CCN(CCN)CC1. The van der Waals surface area contributed by atoms with Crippen LogP contribution in [-0.4, -0.2) is 44.2 Å². The molecule has 0 unspecified atom stereocenters. The molecule has 1 saturated heterocycles. The molecule has 1 aromatic rings. The molecule has 1 aliphatic rings. The Bertz CT molecular complexity index is 342. The molecule has 4 heteroatoms. The summed E-state index contributed by atoms with van der Waals surface area (Å²) in [7, 11) is 2.24. The Balaban J connectivity index is 1.90. The fourth-order valence-electron chi connectivity index (χ4n) is 2.60. The highest BCUT2D eigenvalue weighted by Gasteiger charge is 2.23. The summed E-state index contributed by atoms with van der Waals surface area (Å²) in [6.45, 7) is 6.41. The summed E-state index contributed by atoms with van der Waals surface area (Å²) in [5, 5.41) is 3.62. The quantitative estimate of drug-likeness (QED) is 0.890. The van der Waals surface area contributed by atoms with Crippen LogP contribution in [0.25, 0.3) is 0 Å². The first kappa shape index (κ1) is 12.9. The van der Waals surface area contributed by atoms with Crippen molar-refractivity contribution in [3.8, 4) is 0 Å². The molecule has 17 heavy (non-hydrogen) atoms. The van der Waals surface area contributed by atoms with E-state index in [4.69, 9.17) is 5.73 Å². The van der Waals surface area contributed by atoms with E-state index in [9.17, 15) is 0 Å². The molecule has 2 heterocycles. The Morgan fingerprint density at radius 3 is 2.71 bits per heavy atom. The minimum Gasteiger partial charge on any atom is -0.363 e. The number of nitrogens with zero attached hydrogens (tertiary/aromatic N) is 2. The van der Waals surface area contributed by atoms with E-state index >= 15 is 0 Å². The van der Waals surface area contributed by atoms with Gasteiger partial charge in [0.05, 0.1) is 5.00 Å². The minimum atomic E-state index is 0.696. The fraction of sp³-hybridized carbons (Fsp3) is 0.692. The van der Waals surface area contributed by atoms with E-state index < -0.39 is 0 Å². The Labute approximate surface area is 108 Å². The third kappa shape index (κ3) is 3.00. The zero-order valence-corrected chi connectivity index (χ0v) is 11.7. The second-order valence-electron chi connectivity index (χ2n) is 4.88. The Hall–Kier alpha value is -0.580. The molecule has 0 saturated carbocycles. The van der Waals surface area contributed by atoms with Gasteiger partial charge in [0.15, 0.2) is 0 Å². The number of nitrogens with two attached hydrogens (primary N) is 1. The number of thiophene rings is 1. The van der Waals surface area contributed by atoms with Crippen molar-refractivity contribution in [1.29, 1.82) is 0 Å². The van der Waals surface area contributed by atoms with Crippen LogP contribution in [0.1, 0.15) is 18.4 Å². The first-order valence-corrected chi connectivity index (χ1v) is 7.29. The van der Waals surface area contributed by atoms with Crippen LogP contribution in [0.15, 0.2) is 11.4 Å². The molecule has 2 N–H and O–H groups in total. The zero-order chi connectivity index (χ0) is 12.3. The van der Waals surface area contributed by atoms with E-state index in [2.05, 4.69) is 35.2 Å². The zero-order valence-electron chi connectivity index (χ0n) is 10.9. The summed E-state index contributed by atoms with van der Waals surface area (Å²) in [6, 6.07) is 2.90. The summed E-state index contributed by atoms with van der Waals surface area (Å²) in [5.41, 5.74) is 7.00. The van der Waals surface area contributed by atoms with Gasteiger partial charge in [0, 0.05) is 39.3 Å². The van der Waals surface area contributed by atoms with Gasteiger partial charge < -0.3 is 15.5 Å². The molecular weight excluding hydrogens is 230 g/mol. The van der Waals surface area contributed by atoms with Crippen molar-refractivity contribution in [3.05, 3.63) is 17.0 Å². The Kier molecular flexibility index (Phi) is 4.42. The Morgan fingerprint density at radius 2 is 2.18 bits per heavy atom. The standard InChI is InChI=1S/C13H23N3S/c1-11-5-10-17-13(11)15(2)12-3-7-16(8-4-12)9-6-14/h5,10,12H,3-4,6-9,14H2,1-2H3. The smallest absolute Gasteiger partial charge is 0.0938 e. The van der Waals surface area contributed by atoms with Crippen LogP contribution in [0.3, 0.4) is 0 Å². The lowest BCUT2D eigenvalue weighted by molar-refractivity contribution is 0.216. The first-order valence-electron chi connectivity index (χ1n) is 6.41. The molecule has 0 spiro atoms. The van der Waals surface area contributed by atoms with Crippen molar-refractivity contribution < 1.29 is 0 Å². The van der Waals surface area contributed by atoms with Gasteiger partial charge in [-0.1, -0.05) is 0 Å². The van der Waals surface area contributed by atoms with Crippen LogP contribution >= 0.6 is 11.3 Å². The molecule has 0 amide bonds. The number of piperidine rings is 1. The summed E-state index contributed by atoms with van der Waals surface area (Å²) in [5.74, 6) is 0. The highest BCUT2D eigenvalue weighted by atomic mass is 32.1. The maximum atomic E-state index is 5.60. The summed E-state index contributed by atoms with van der Waals surface area (Å²) < 4.78 is 0. The number of likely N-dealkylation sites (tertiary alicyclic amines) is 1. The summed E-state index contributed by atoms with van der Waals surface area (Å²) >= 11 is 1.85. The maximum absolute atomic E-state index is 5.60. The van der Waals surface area contributed by atoms with E-state index in [1.165, 1.54) is 36.5 Å². The van der Waals surface area contributed by atoms with E-state index in [0.29, 0.717) is 6.04 Å². The van der Waals surface area contributed by atoms with Gasteiger partial charge in [0.2, 0.25) is 0 Å². The van der Waals surface area contributed by atoms with Crippen LogP contribution in [0.5, 0.6) is 0 Å². The predicted octanol–water partition coefficient (Wildman–Crippen LogP) is 1.92. The number of anilines is 1. The molecule has 3 nitrogen and oxygen atoms in total. The topological polar surface area (TPSA) is 32.5 Å². The van der Waals surface area contributed by atoms with Crippen LogP contribution in [0.2, 0.25) is 0 Å². The minimum absolute atomic E-state index is 0.696. The molecule has 1 aliphatic heterocycles. The lowest BCUT2D eigenvalue weighted by Gasteiger charge is -2.37. The van der Waals surface area contributed by atoms with E-state index in [0.717, 1.165) is 13.1 Å². The molecule has 2 rings (SSSR count). The first-order chi connectivity index (χ1) is 8.22. The number of rotatable bonds is 4. The van der Waals surface area contributed by atoms with Crippen LogP contribution in [0, 0.1) is 6.92 Å². The van der Waals surface area contributed by atoms with Gasteiger partial charge in [-0.3, -0.25) is 0 Å². The molecule has 1 aromatic heterocycles. The number of hydrogen-bond donors (Lipinski definition) is 1.